The van der Waals surface area contributed by atoms with Crippen molar-refractivity contribution in [1.82, 2.24) is 14.7 Å². The van der Waals surface area contributed by atoms with Crippen LogP contribution in [0.4, 0.5) is 11.4 Å². The highest BCUT2D eigenvalue weighted by Gasteiger charge is 2.16. The van der Waals surface area contributed by atoms with Crippen LogP contribution in [0.3, 0.4) is 0 Å². The van der Waals surface area contributed by atoms with Crippen LogP contribution >= 0.6 is 0 Å². The molecule has 2 aromatic carbocycles. The number of amides is 1. The van der Waals surface area contributed by atoms with Crippen LogP contribution in [0, 0.1) is 13.8 Å². The van der Waals surface area contributed by atoms with Gasteiger partial charge in [0.15, 0.2) is 0 Å². The normalized spacial score (nSPS) is 14.1. The summed E-state index contributed by atoms with van der Waals surface area (Å²) in [6.45, 7) is 7.35. The second kappa shape index (κ2) is 10.0. The molecule has 1 saturated heterocycles. The van der Waals surface area contributed by atoms with Crippen molar-refractivity contribution in [2.24, 2.45) is 0 Å². The summed E-state index contributed by atoms with van der Waals surface area (Å²) in [5.74, 6) is -0.0102. The third-order valence-corrected chi connectivity index (χ3v) is 6.16. The van der Waals surface area contributed by atoms with Crippen molar-refractivity contribution in [2.75, 3.05) is 36.9 Å². The summed E-state index contributed by atoms with van der Waals surface area (Å²) in [6.07, 6.45) is 3.84. The van der Waals surface area contributed by atoms with Gasteiger partial charge < -0.3 is 10.2 Å². The number of aryl methyl sites for hydroxylation is 1. The van der Waals surface area contributed by atoms with Gasteiger partial charge in [-0.2, -0.15) is 5.10 Å². The molecule has 4 rings (SSSR count). The van der Waals surface area contributed by atoms with Gasteiger partial charge in [-0.1, -0.05) is 18.2 Å². The lowest BCUT2D eigenvalue weighted by atomic mass is 10.1. The average molecular weight is 432 g/mol. The third-order valence-electron chi connectivity index (χ3n) is 6.16. The summed E-state index contributed by atoms with van der Waals surface area (Å²) >= 11 is 0. The lowest BCUT2D eigenvalue weighted by molar-refractivity contribution is -0.117. The molecule has 2 heterocycles. The fraction of sp³-hybridized carbons (Fsp3) is 0.385. The maximum Gasteiger partial charge on any atom is 0.238 e. The highest BCUT2D eigenvalue weighted by atomic mass is 16.2. The lowest BCUT2D eigenvalue weighted by Crippen LogP contribution is -2.30. The van der Waals surface area contributed by atoms with E-state index in [4.69, 9.17) is 5.10 Å². The first kappa shape index (κ1) is 22.1. The van der Waals surface area contributed by atoms with Crippen molar-refractivity contribution in [3.63, 3.8) is 0 Å². The van der Waals surface area contributed by atoms with E-state index in [2.05, 4.69) is 41.4 Å². The van der Waals surface area contributed by atoms with Crippen molar-refractivity contribution in [2.45, 2.75) is 39.7 Å². The molecule has 1 aliphatic rings. The molecule has 0 bridgehead atoms. The summed E-state index contributed by atoms with van der Waals surface area (Å²) in [5, 5.41) is 7.74. The molecule has 6 nitrogen and oxygen atoms in total. The first-order valence-corrected chi connectivity index (χ1v) is 11.4. The Morgan fingerprint density at radius 3 is 2.34 bits per heavy atom. The van der Waals surface area contributed by atoms with Gasteiger partial charge in [-0.3, -0.25) is 9.69 Å². The molecule has 1 aromatic heterocycles. The van der Waals surface area contributed by atoms with Gasteiger partial charge in [0.1, 0.15) is 0 Å². The first-order valence-electron chi connectivity index (χ1n) is 11.4. The maximum atomic E-state index is 12.6. The Morgan fingerprint density at radius 1 is 0.969 bits per heavy atom. The van der Waals surface area contributed by atoms with Crippen LogP contribution < -0.4 is 10.2 Å². The summed E-state index contributed by atoms with van der Waals surface area (Å²) < 4.78 is 1.97. The quantitative estimate of drug-likeness (QED) is 0.596. The Hall–Kier alpha value is -3.12. The molecule has 32 heavy (non-hydrogen) atoms. The van der Waals surface area contributed by atoms with E-state index in [1.807, 2.05) is 53.9 Å². The Bertz CT molecular complexity index is 1040. The van der Waals surface area contributed by atoms with Gasteiger partial charge in [0, 0.05) is 42.3 Å². The highest BCUT2D eigenvalue weighted by molar-refractivity contribution is 5.92. The number of nitrogens with zero attached hydrogens (tertiary/aromatic N) is 4. The predicted molar refractivity (Wildman–Crippen MR) is 131 cm³/mol. The number of piperidine rings is 1. The molecule has 168 valence electrons. The summed E-state index contributed by atoms with van der Waals surface area (Å²) in [4.78, 5) is 17.1. The lowest BCUT2D eigenvalue weighted by Gasteiger charge is -2.28. The number of nitrogens with one attached hydrogen (secondary N) is 1. The molecule has 0 saturated carbocycles. The van der Waals surface area contributed by atoms with E-state index in [0.717, 1.165) is 41.4 Å². The van der Waals surface area contributed by atoms with Gasteiger partial charge in [-0.15, -0.1) is 0 Å². The van der Waals surface area contributed by atoms with Gasteiger partial charge in [0.05, 0.1) is 17.9 Å². The zero-order valence-corrected chi connectivity index (χ0v) is 19.3. The van der Waals surface area contributed by atoms with Crippen LogP contribution in [0.2, 0.25) is 0 Å². The largest absolute Gasteiger partial charge is 0.372 e. The standard InChI is InChI=1S/C26H33N5O/c1-20-25(21(2)31(28-20)24-10-6-4-7-11-24)18-29(3)19-26(32)27-22-12-14-23(15-13-22)30-16-8-5-9-17-30/h4,6-7,10-15H,5,8-9,16-19H2,1-3H3,(H,27,32). The maximum absolute atomic E-state index is 12.6. The number of benzene rings is 2. The minimum Gasteiger partial charge on any atom is -0.372 e. The van der Waals surface area contributed by atoms with Crippen LogP contribution in [-0.2, 0) is 11.3 Å². The number of aromatic nitrogens is 2. The fourth-order valence-electron chi connectivity index (χ4n) is 4.40. The Labute approximate surface area is 190 Å². The number of carbonyl (C=O) groups excluding carboxylic acids is 1. The molecule has 0 aliphatic carbocycles. The van der Waals surface area contributed by atoms with Crippen molar-refractivity contribution < 1.29 is 4.79 Å². The van der Waals surface area contributed by atoms with Gasteiger partial charge in [-0.25, -0.2) is 4.68 Å². The molecule has 0 unspecified atom stereocenters. The zero-order valence-electron chi connectivity index (χ0n) is 19.3. The predicted octanol–water partition coefficient (Wildman–Crippen LogP) is 4.55. The Balaban J connectivity index is 1.34. The van der Waals surface area contributed by atoms with Crippen LogP contribution in [-0.4, -0.2) is 47.3 Å². The van der Waals surface area contributed by atoms with Crippen LogP contribution in [0.15, 0.2) is 54.6 Å². The van der Waals surface area contributed by atoms with Crippen LogP contribution in [0.5, 0.6) is 0 Å². The number of hydrogen-bond donors (Lipinski definition) is 1. The van der Waals surface area contributed by atoms with Gasteiger partial charge in [-0.05, 0) is 76.6 Å². The fourth-order valence-corrected chi connectivity index (χ4v) is 4.40. The van der Waals surface area contributed by atoms with E-state index < -0.39 is 0 Å². The molecule has 1 amide bonds. The number of anilines is 2. The minimum atomic E-state index is -0.0102. The molecule has 0 atom stereocenters. The van der Waals surface area contributed by atoms with Crippen molar-refractivity contribution in [1.29, 1.82) is 0 Å². The van der Waals surface area contributed by atoms with E-state index in [-0.39, 0.29) is 5.91 Å². The molecular weight excluding hydrogens is 398 g/mol. The van der Waals surface area contributed by atoms with Crippen LogP contribution in [0.1, 0.15) is 36.2 Å². The molecule has 1 fully saturated rings. The van der Waals surface area contributed by atoms with Gasteiger partial charge in [0.2, 0.25) is 5.91 Å². The van der Waals surface area contributed by atoms with E-state index in [1.165, 1.54) is 24.9 Å². The second-order valence-electron chi connectivity index (χ2n) is 8.71. The number of hydrogen-bond acceptors (Lipinski definition) is 4. The van der Waals surface area contributed by atoms with Crippen molar-refractivity contribution >= 4 is 17.3 Å². The first-order chi connectivity index (χ1) is 15.5. The zero-order chi connectivity index (χ0) is 22.5. The van der Waals surface area contributed by atoms with Crippen molar-refractivity contribution in [3.05, 3.63) is 71.5 Å². The average Bonchev–Trinajstić information content (AvgIpc) is 3.09. The smallest absolute Gasteiger partial charge is 0.238 e. The summed E-state index contributed by atoms with van der Waals surface area (Å²) in [5.41, 5.74) is 6.39. The molecule has 1 N–H and O–H groups in total. The molecule has 3 aromatic rings. The highest BCUT2D eigenvalue weighted by Crippen LogP contribution is 2.22. The molecular formula is C26H33N5O. The summed E-state index contributed by atoms with van der Waals surface area (Å²) in [6, 6.07) is 18.4. The second-order valence-corrected chi connectivity index (χ2v) is 8.71. The monoisotopic (exact) mass is 431 g/mol. The Kier molecular flexibility index (Phi) is 6.90. The van der Waals surface area contributed by atoms with Gasteiger partial charge >= 0.3 is 0 Å². The van der Waals surface area contributed by atoms with E-state index >= 15 is 0 Å². The summed E-state index contributed by atoms with van der Waals surface area (Å²) in [7, 11) is 1.97. The number of para-hydroxylation sites is 1. The number of rotatable bonds is 7. The molecule has 0 radical (unpaired) electrons. The Morgan fingerprint density at radius 2 is 1.66 bits per heavy atom. The minimum absolute atomic E-state index is 0.0102. The number of carbonyl (C=O) groups is 1. The molecule has 1 aliphatic heterocycles. The van der Waals surface area contributed by atoms with Crippen molar-refractivity contribution in [3.8, 4) is 5.69 Å². The topological polar surface area (TPSA) is 53.4 Å². The molecule has 0 spiro atoms. The van der Waals surface area contributed by atoms with Crippen LogP contribution in [0.25, 0.3) is 5.69 Å². The van der Waals surface area contributed by atoms with E-state index in [9.17, 15) is 4.79 Å². The SMILES string of the molecule is Cc1nn(-c2ccccc2)c(C)c1CN(C)CC(=O)Nc1ccc(N2CCCCC2)cc1. The van der Waals surface area contributed by atoms with Gasteiger partial charge in [0.25, 0.3) is 0 Å². The third kappa shape index (κ3) is 5.19. The molecule has 6 heteroatoms. The van der Waals surface area contributed by atoms with E-state index in [0.29, 0.717) is 13.1 Å². The number of likely N-dealkylation sites (N-methyl/N-ethyl adjacent to an activating group) is 1. The van der Waals surface area contributed by atoms with E-state index in [1.54, 1.807) is 0 Å².